The van der Waals surface area contributed by atoms with E-state index in [0.717, 1.165) is 11.1 Å². The largest absolute Gasteiger partial charge is 0.373 e. The Morgan fingerprint density at radius 2 is 1.84 bits per heavy atom. The number of nitrogens with one attached hydrogen (secondary N) is 1. The van der Waals surface area contributed by atoms with E-state index in [1.807, 2.05) is 59.4 Å². The number of likely N-dealkylation sites (N-methyl/N-ethyl adjacent to an activating group) is 1. The number of hydrogen-bond acceptors (Lipinski definition) is 4. The molecule has 1 fully saturated rings. The maximum Gasteiger partial charge on any atom is 0.243 e. The van der Waals surface area contributed by atoms with Crippen LogP contribution in [-0.4, -0.2) is 46.7 Å². The van der Waals surface area contributed by atoms with E-state index in [9.17, 15) is 9.59 Å². The van der Waals surface area contributed by atoms with Crippen LogP contribution in [0.25, 0.3) is 0 Å². The Hall–Kier alpha value is -3.45. The summed E-state index contributed by atoms with van der Waals surface area (Å²) in [4.78, 5) is 26.8. The number of anilines is 1. The normalized spacial score (nSPS) is 18.0. The number of carbonyl (C=O) groups excluding carboxylic acids is 2. The number of ether oxygens (including phenoxy) is 1. The number of rotatable bonds is 7. The van der Waals surface area contributed by atoms with Gasteiger partial charge in [0.1, 0.15) is 0 Å². The predicted octanol–water partition coefficient (Wildman–Crippen LogP) is 3.11. The van der Waals surface area contributed by atoms with E-state index in [1.165, 1.54) is 4.90 Å². The predicted molar refractivity (Wildman–Crippen MR) is 117 cm³/mol. The van der Waals surface area contributed by atoms with E-state index in [0.29, 0.717) is 25.3 Å². The second kappa shape index (κ2) is 9.57. The fourth-order valence-corrected chi connectivity index (χ4v) is 3.85. The molecular formula is C24H26N4O3. The summed E-state index contributed by atoms with van der Waals surface area (Å²) in [5.41, 5.74) is 2.75. The molecule has 7 heteroatoms. The minimum Gasteiger partial charge on any atom is -0.373 e. The first-order chi connectivity index (χ1) is 15.1. The third-order valence-corrected chi connectivity index (χ3v) is 5.39. The van der Waals surface area contributed by atoms with Crippen LogP contribution in [0, 0.1) is 5.92 Å². The van der Waals surface area contributed by atoms with Crippen LogP contribution in [0.1, 0.15) is 23.7 Å². The van der Waals surface area contributed by atoms with Crippen molar-refractivity contribution in [3.8, 4) is 0 Å². The van der Waals surface area contributed by atoms with Gasteiger partial charge in [-0.2, -0.15) is 5.10 Å². The summed E-state index contributed by atoms with van der Waals surface area (Å²) >= 11 is 0. The fraction of sp³-hybridized carbons (Fsp3) is 0.292. The van der Waals surface area contributed by atoms with Crippen molar-refractivity contribution in [3.05, 3.63) is 84.2 Å². The third kappa shape index (κ3) is 5.19. The molecule has 4 rings (SSSR count). The molecule has 2 heterocycles. The van der Waals surface area contributed by atoms with Crippen LogP contribution < -0.4 is 5.32 Å². The van der Waals surface area contributed by atoms with E-state index in [2.05, 4.69) is 22.5 Å². The van der Waals surface area contributed by atoms with Gasteiger partial charge < -0.3 is 15.0 Å². The molecule has 7 nitrogen and oxygen atoms in total. The third-order valence-electron chi connectivity index (χ3n) is 5.39. The minimum atomic E-state index is -0.350. The van der Waals surface area contributed by atoms with E-state index >= 15 is 0 Å². The Balaban J connectivity index is 1.37. The van der Waals surface area contributed by atoms with Gasteiger partial charge in [-0.25, -0.2) is 0 Å². The molecule has 1 N–H and O–H groups in total. The lowest BCUT2D eigenvalue weighted by Crippen LogP contribution is -2.39. The zero-order chi connectivity index (χ0) is 21.6. The zero-order valence-corrected chi connectivity index (χ0v) is 17.5. The van der Waals surface area contributed by atoms with Crippen molar-refractivity contribution < 1.29 is 14.3 Å². The van der Waals surface area contributed by atoms with Crippen LogP contribution in [0.3, 0.4) is 0 Å². The summed E-state index contributed by atoms with van der Waals surface area (Å²) in [6.07, 6.45) is 3.97. The molecular weight excluding hydrogens is 392 g/mol. The van der Waals surface area contributed by atoms with Crippen LogP contribution in [0.2, 0.25) is 0 Å². The van der Waals surface area contributed by atoms with Gasteiger partial charge in [0.05, 0.1) is 31.3 Å². The van der Waals surface area contributed by atoms with Crippen molar-refractivity contribution in [1.29, 1.82) is 0 Å². The molecule has 0 spiro atoms. The molecule has 2 atom stereocenters. The maximum atomic E-state index is 13.1. The van der Waals surface area contributed by atoms with Gasteiger partial charge in [0, 0.05) is 31.1 Å². The number of nitrogens with zero attached hydrogens (tertiary/aromatic N) is 3. The Bertz CT molecular complexity index is 1020. The van der Waals surface area contributed by atoms with Gasteiger partial charge in [-0.15, -0.1) is 0 Å². The number of aromatic nitrogens is 2. The second-order valence-corrected chi connectivity index (χ2v) is 7.75. The monoisotopic (exact) mass is 418 g/mol. The van der Waals surface area contributed by atoms with Gasteiger partial charge in [0.2, 0.25) is 11.8 Å². The molecule has 0 unspecified atom stereocenters. The Kier molecular flexibility index (Phi) is 6.43. The molecule has 1 aromatic heterocycles. The first-order valence-electron chi connectivity index (χ1n) is 10.4. The second-order valence-electron chi connectivity index (χ2n) is 7.75. The van der Waals surface area contributed by atoms with Crippen molar-refractivity contribution in [3.63, 3.8) is 0 Å². The standard InChI is InChI=1S/C24H26N4O3/c1-27(17-22(29)26-20-10-6-3-7-11-20)24(30)21-12-13-31-23(21)19-14-25-28(16-19)15-18-8-4-2-5-9-18/h2-11,14,16,21,23H,12-13,15,17H2,1H3,(H,26,29)/t21-,23+/m0/s1. The Morgan fingerprint density at radius 3 is 2.58 bits per heavy atom. The highest BCUT2D eigenvalue weighted by Gasteiger charge is 2.37. The highest BCUT2D eigenvalue weighted by atomic mass is 16.5. The van der Waals surface area contributed by atoms with Gasteiger partial charge in [-0.05, 0) is 24.1 Å². The first kappa shape index (κ1) is 20.8. The van der Waals surface area contributed by atoms with Crippen molar-refractivity contribution in [2.24, 2.45) is 5.92 Å². The SMILES string of the molecule is CN(CC(=O)Nc1ccccc1)C(=O)[C@H]1CCO[C@@H]1c1cnn(Cc2ccccc2)c1. The molecule has 160 valence electrons. The van der Waals surface area contributed by atoms with Crippen LogP contribution in [-0.2, 0) is 20.9 Å². The summed E-state index contributed by atoms with van der Waals surface area (Å²) < 4.78 is 7.74. The lowest BCUT2D eigenvalue weighted by atomic mass is 9.96. The maximum absolute atomic E-state index is 13.1. The summed E-state index contributed by atoms with van der Waals surface area (Å²) in [6.45, 7) is 1.16. The van der Waals surface area contributed by atoms with Crippen LogP contribution in [0.15, 0.2) is 73.1 Å². The van der Waals surface area contributed by atoms with Crippen molar-refractivity contribution in [1.82, 2.24) is 14.7 Å². The quantitative estimate of drug-likeness (QED) is 0.640. The average molecular weight is 418 g/mol. The summed E-state index contributed by atoms with van der Waals surface area (Å²) in [6, 6.07) is 19.3. The number of hydrogen-bond donors (Lipinski definition) is 1. The van der Waals surface area contributed by atoms with Gasteiger partial charge >= 0.3 is 0 Å². The van der Waals surface area contributed by atoms with E-state index in [1.54, 1.807) is 13.2 Å². The molecule has 31 heavy (non-hydrogen) atoms. The van der Waals surface area contributed by atoms with Gasteiger partial charge in [-0.3, -0.25) is 14.3 Å². The summed E-state index contributed by atoms with van der Waals surface area (Å²) in [5.74, 6) is -0.654. The molecule has 1 aliphatic rings. The minimum absolute atomic E-state index is 0.00971. The van der Waals surface area contributed by atoms with Crippen molar-refractivity contribution in [2.75, 3.05) is 25.5 Å². The topological polar surface area (TPSA) is 76.5 Å². The highest BCUT2D eigenvalue weighted by molar-refractivity contribution is 5.94. The van der Waals surface area contributed by atoms with E-state index < -0.39 is 0 Å². The molecule has 1 aliphatic heterocycles. The lowest BCUT2D eigenvalue weighted by molar-refractivity contribution is -0.138. The lowest BCUT2D eigenvalue weighted by Gasteiger charge is -2.23. The van der Waals surface area contributed by atoms with E-state index in [4.69, 9.17) is 4.74 Å². The number of amides is 2. The van der Waals surface area contributed by atoms with E-state index in [-0.39, 0.29) is 30.4 Å². The highest BCUT2D eigenvalue weighted by Crippen LogP contribution is 2.35. The van der Waals surface area contributed by atoms with Gasteiger partial charge in [0.25, 0.3) is 0 Å². The molecule has 0 bridgehead atoms. The Labute approximate surface area is 181 Å². The van der Waals surface area contributed by atoms with Crippen LogP contribution in [0.4, 0.5) is 5.69 Å². The number of benzene rings is 2. The summed E-state index contributed by atoms with van der Waals surface area (Å²) in [7, 11) is 1.65. The molecule has 1 saturated heterocycles. The molecule has 3 aromatic rings. The molecule has 2 amide bonds. The molecule has 0 saturated carbocycles. The number of para-hydroxylation sites is 1. The van der Waals surface area contributed by atoms with Crippen LogP contribution in [0.5, 0.6) is 0 Å². The molecule has 2 aromatic carbocycles. The molecule has 0 radical (unpaired) electrons. The first-order valence-corrected chi connectivity index (χ1v) is 10.4. The van der Waals surface area contributed by atoms with Gasteiger partial charge in [0.15, 0.2) is 0 Å². The molecule has 0 aliphatic carbocycles. The van der Waals surface area contributed by atoms with Crippen molar-refractivity contribution >= 4 is 17.5 Å². The van der Waals surface area contributed by atoms with Gasteiger partial charge in [-0.1, -0.05) is 48.5 Å². The van der Waals surface area contributed by atoms with Crippen LogP contribution >= 0.6 is 0 Å². The average Bonchev–Trinajstić information content (AvgIpc) is 3.44. The zero-order valence-electron chi connectivity index (χ0n) is 17.5. The number of carbonyl (C=O) groups is 2. The van der Waals surface area contributed by atoms with Crippen molar-refractivity contribution in [2.45, 2.75) is 19.1 Å². The Morgan fingerprint density at radius 1 is 1.13 bits per heavy atom. The fourth-order valence-electron chi connectivity index (χ4n) is 3.85. The summed E-state index contributed by atoms with van der Waals surface area (Å²) in [5, 5.41) is 7.25. The smallest absolute Gasteiger partial charge is 0.243 e.